The van der Waals surface area contributed by atoms with E-state index in [0.29, 0.717) is 0 Å². The van der Waals surface area contributed by atoms with Gasteiger partial charge in [-0.05, 0) is 47.2 Å². The van der Waals surface area contributed by atoms with Gasteiger partial charge in [0.2, 0.25) is 0 Å². The van der Waals surface area contributed by atoms with E-state index in [1.165, 1.54) is 32.3 Å². The highest BCUT2D eigenvalue weighted by Gasteiger charge is 2.20. The lowest BCUT2D eigenvalue weighted by Crippen LogP contribution is -2.03. The van der Waals surface area contributed by atoms with E-state index in [4.69, 9.17) is 9.97 Å². The smallest absolute Gasteiger partial charge is 0.165 e. The van der Waals surface area contributed by atoms with Crippen LogP contribution in [0.3, 0.4) is 0 Å². The second-order valence-electron chi connectivity index (χ2n) is 10.4. The largest absolute Gasteiger partial charge is 0.354 e. The lowest BCUT2D eigenvalue weighted by Gasteiger charge is -2.13. The van der Waals surface area contributed by atoms with Gasteiger partial charge >= 0.3 is 0 Å². The molecule has 3 heterocycles. The second-order valence-corrected chi connectivity index (χ2v) is 10.4. The fourth-order valence-electron chi connectivity index (χ4n) is 6.30. The number of H-pyrrole nitrogens is 1. The predicted octanol–water partition coefficient (Wildman–Crippen LogP) is 9.18. The molecule has 186 valence electrons. The molecule has 0 bridgehead atoms. The summed E-state index contributed by atoms with van der Waals surface area (Å²) in [7, 11) is 0. The van der Waals surface area contributed by atoms with Gasteiger partial charge in [-0.25, -0.2) is 9.97 Å². The monoisotopic (exact) mass is 510 g/mol. The molecule has 0 radical (unpaired) electrons. The highest BCUT2D eigenvalue weighted by atomic mass is 15.1. The third-order valence-electron chi connectivity index (χ3n) is 8.09. The lowest BCUT2D eigenvalue weighted by molar-refractivity contribution is 1.08. The molecule has 9 rings (SSSR count). The number of hydrogen-bond donors (Lipinski definition) is 1. The van der Waals surface area contributed by atoms with Crippen LogP contribution >= 0.6 is 0 Å². The summed E-state index contributed by atoms with van der Waals surface area (Å²) in [4.78, 5) is 14.1. The Bertz CT molecular complexity index is 2430. The molecule has 1 N–H and O–H groups in total. The number of nitrogens with zero attached hydrogens (tertiary/aromatic N) is 3. The van der Waals surface area contributed by atoms with Crippen LogP contribution in [0.4, 0.5) is 0 Å². The summed E-state index contributed by atoms with van der Waals surface area (Å²) in [5.41, 5.74) is 8.14. The minimum atomic E-state index is 0.831. The Balaban J connectivity index is 1.45. The number of benzene rings is 6. The van der Waals surface area contributed by atoms with Gasteiger partial charge in [-0.15, -0.1) is 0 Å². The highest BCUT2D eigenvalue weighted by molar-refractivity contribution is 6.24. The second kappa shape index (κ2) is 8.01. The molecular weight excluding hydrogens is 488 g/mol. The summed E-state index contributed by atoms with van der Waals surface area (Å²) in [6.45, 7) is 0. The Morgan fingerprint density at radius 3 is 2.10 bits per heavy atom. The molecule has 0 saturated carbocycles. The van der Waals surface area contributed by atoms with E-state index in [2.05, 4.69) is 107 Å². The molecular formula is C36H22N4. The zero-order valence-corrected chi connectivity index (χ0v) is 21.5. The van der Waals surface area contributed by atoms with E-state index >= 15 is 0 Å². The molecule has 6 aromatic carbocycles. The summed E-state index contributed by atoms with van der Waals surface area (Å²) in [5, 5.41) is 7.41. The van der Waals surface area contributed by atoms with Crippen molar-refractivity contribution in [3.63, 3.8) is 0 Å². The molecule has 0 amide bonds. The first-order chi connectivity index (χ1) is 19.8. The van der Waals surface area contributed by atoms with Crippen molar-refractivity contribution in [2.24, 2.45) is 0 Å². The molecule has 40 heavy (non-hydrogen) atoms. The van der Waals surface area contributed by atoms with Crippen LogP contribution in [0.5, 0.6) is 0 Å². The molecule has 4 heteroatoms. The topological polar surface area (TPSA) is 46.5 Å². The SMILES string of the molecule is c1ccc(-c2nc3ccccc3nc2-n2c3ccccc3c3cc4c(cc32)[nH]c2ccc3ccccc3c24)cc1. The normalized spacial score (nSPS) is 12.0. The first-order valence-electron chi connectivity index (χ1n) is 13.5. The summed E-state index contributed by atoms with van der Waals surface area (Å²) in [5.74, 6) is 0.831. The molecule has 0 saturated heterocycles. The maximum atomic E-state index is 5.25. The van der Waals surface area contributed by atoms with Crippen molar-refractivity contribution < 1.29 is 0 Å². The Morgan fingerprint density at radius 2 is 1.23 bits per heavy atom. The summed E-state index contributed by atoms with van der Waals surface area (Å²) in [6, 6.07) is 44.7. The lowest BCUT2D eigenvalue weighted by atomic mass is 10.0. The highest BCUT2D eigenvalue weighted by Crippen LogP contribution is 2.40. The number of aromatic nitrogens is 4. The van der Waals surface area contributed by atoms with E-state index in [-0.39, 0.29) is 0 Å². The number of hydrogen-bond acceptors (Lipinski definition) is 2. The average Bonchev–Trinajstić information content (AvgIpc) is 3.54. The summed E-state index contributed by atoms with van der Waals surface area (Å²) in [6.07, 6.45) is 0. The van der Waals surface area contributed by atoms with E-state index in [1.54, 1.807) is 0 Å². The van der Waals surface area contributed by atoms with E-state index in [0.717, 1.165) is 50.2 Å². The van der Waals surface area contributed by atoms with Gasteiger partial charge in [0.1, 0.15) is 5.69 Å². The average molecular weight is 511 g/mol. The van der Waals surface area contributed by atoms with Crippen molar-refractivity contribution in [2.75, 3.05) is 0 Å². The third-order valence-corrected chi connectivity index (χ3v) is 8.09. The zero-order chi connectivity index (χ0) is 26.2. The van der Waals surface area contributed by atoms with Crippen molar-refractivity contribution in [1.82, 2.24) is 19.5 Å². The van der Waals surface area contributed by atoms with Crippen LogP contribution in [0, 0.1) is 0 Å². The standard InChI is InChI=1S/C36H22N4/c1-2-11-23(12-3-1)35-36(39-29-16-8-7-15-28(29)38-35)40-32-17-9-6-14-25(32)26-20-27-31(21-33(26)40)37-30-19-18-22-10-4-5-13-24(22)34(27)30/h1-21,37H. The maximum Gasteiger partial charge on any atom is 0.165 e. The van der Waals surface area contributed by atoms with Gasteiger partial charge < -0.3 is 4.98 Å². The summed E-state index contributed by atoms with van der Waals surface area (Å²) >= 11 is 0. The molecule has 9 aromatic rings. The van der Waals surface area contributed by atoms with Gasteiger partial charge in [0.25, 0.3) is 0 Å². The minimum Gasteiger partial charge on any atom is -0.354 e. The molecule has 4 nitrogen and oxygen atoms in total. The third kappa shape index (κ3) is 2.96. The molecule has 0 spiro atoms. The van der Waals surface area contributed by atoms with Crippen LogP contribution < -0.4 is 0 Å². The van der Waals surface area contributed by atoms with Gasteiger partial charge in [-0.3, -0.25) is 4.57 Å². The van der Waals surface area contributed by atoms with Gasteiger partial charge in [0.05, 0.1) is 22.1 Å². The molecule has 0 unspecified atom stereocenters. The fraction of sp³-hybridized carbons (Fsp3) is 0. The van der Waals surface area contributed by atoms with Gasteiger partial charge in [0.15, 0.2) is 5.82 Å². The minimum absolute atomic E-state index is 0.831. The molecule has 0 aliphatic carbocycles. The fourth-order valence-corrected chi connectivity index (χ4v) is 6.30. The van der Waals surface area contributed by atoms with Crippen LogP contribution in [0.15, 0.2) is 127 Å². The molecule has 3 aromatic heterocycles. The number of para-hydroxylation sites is 3. The van der Waals surface area contributed by atoms with Gasteiger partial charge in [-0.2, -0.15) is 0 Å². The Hall–Kier alpha value is -5.48. The molecule has 0 fully saturated rings. The molecule has 0 aliphatic rings. The first-order valence-corrected chi connectivity index (χ1v) is 13.5. The maximum absolute atomic E-state index is 5.25. The van der Waals surface area contributed by atoms with Crippen molar-refractivity contribution in [3.05, 3.63) is 127 Å². The van der Waals surface area contributed by atoms with Crippen LogP contribution in [0.25, 0.3) is 82.5 Å². The number of aromatic amines is 1. The van der Waals surface area contributed by atoms with Crippen LogP contribution in [-0.4, -0.2) is 19.5 Å². The van der Waals surface area contributed by atoms with Crippen molar-refractivity contribution >= 4 is 65.4 Å². The number of fused-ring (bicyclic) bond motifs is 9. The Labute approximate surface area is 229 Å². The summed E-state index contributed by atoms with van der Waals surface area (Å²) < 4.78 is 2.29. The van der Waals surface area contributed by atoms with Crippen LogP contribution in [0.1, 0.15) is 0 Å². The van der Waals surface area contributed by atoms with Crippen molar-refractivity contribution in [3.8, 4) is 17.1 Å². The van der Waals surface area contributed by atoms with Crippen LogP contribution in [-0.2, 0) is 0 Å². The zero-order valence-electron chi connectivity index (χ0n) is 21.5. The molecule has 0 aliphatic heterocycles. The van der Waals surface area contributed by atoms with Crippen molar-refractivity contribution in [1.29, 1.82) is 0 Å². The van der Waals surface area contributed by atoms with E-state index in [9.17, 15) is 0 Å². The molecule has 0 atom stereocenters. The van der Waals surface area contributed by atoms with Crippen LogP contribution in [0.2, 0.25) is 0 Å². The Kier molecular flexibility index (Phi) is 4.30. The predicted molar refractivity (Wildman–Crippen MR) is 166 cm³/mol. The quantitative estimate of drug-likeness (QED) is 0.252. The van der Waals surface area contributed by atoms with E-state index in [1.807, 2.05) is 30.3 Å². The number of rotatable bonds is 2. The Morgan fingerprint density at radius 1 is 0.500 bits per heavy atom. The van der Waals surface area contributed by atoms with Crippen molar-refractivity contribution in [2.45, 2.75) is 0 Å². The van der Waals surface area contributed by atoms with Gasteiger partial charge in [0, 0.05) is 38.1 Å². The van der Waals surface area contributed by atoms with E-state index < -0.39 is 0 Å². The van der Waals surface area contributed by atoms with Gasteiger partial charge in [-0.1, -0.05) is 91.0 Å². The number of nitrogens with one attached hydrogen (secondary N) is 1. The first kappa shape index (κ1) is 21.5.